The highest BCUT2D eigenvalue weighted by Crippen LogP contribution is 2.22. The van der Waals surface area contributed by atoms with Gasteiger partial charge in [-0.3, -0.25) is 9.78 Å². The average Bonchev–Trinajstić information content (AvgIpc) is 3.03. The minimum absolute atomic E-state index is 0.0422. The Labute approximate surface area is 153 Å². The van der Waals surface area contributed by atoms with Gasteiger partial charge in [0.15, 0.2) is 0 Å². The summed E-state index contributed by atoms with van der Waals surface area (Å²) in [6.07, 6.45) is 6.45. The first-order chi connectivity index (χ1) is 12.1. The molecule has 0 spiro atoms. The van der Waals surface area contributed by atoms with Crippen molar-refractivity contribution < 1.29 is 4.79 Å². The second kappa shape index (κ2) is 8.54. The van der Waals surface area contributed by atoms with Crippen molar-refractivity contribution in [3.8, 4) is 10.6 Å². The topological polar surface area (TPSA) is 58.1 Å². The van der Waals surface area contributed by atoms with Gasteiger partial charge in [0.1, 0.15) is 5.01 Å². The van der Waals surface area contributed by atoms with E-state index in [9.17, 15) is 4.79 Å². The summed E-state index contributed by atoms with van der Waals surface area (Å²) in [5, 5.41) is 5.98. The number of amides is 1. The van der Waals surface area contributed by atoms with Gasteiger partial charge >= 0.3 is 0 Å². The van der Waals surface area contributed by atoms with Crippen LogP contribution in [0.5, 0.6) is 0 Å². The first-order valence-corrected chi connectivity index (χ1v) is 9.84. The lowest BCUT2D eigenvalue weighted by Gasteiger charge is -2.32. The van der Waals surface area contributed by atoms with Crippen LogP contribution in [-0.4, -0.2) is 46.5 Å². The van der Waals surface area contributed by atoms with E-state index in [1.807, 2.05) is 17.5 Å². The predicted octanol–water partition coefficient (Wildman–Crippen LogP) is 2.98. The lowest BCUT2D eigenvalue weighted by molar-refractivity contribution is -0.121. The Bertz CT molecular complexity index is 688. The second-order valence-corrected chi connectivity index (χ2v) is 7.90. The fourth-order valence-corrected chi connectivity index (χ4v) is 4.20. The van der Waals surface area contributed by atoms with Gasteiger partial charge in [0.05, 0.1) is 12.1 Å². The van der Waals surface area contributed by atoms with Gasteiger partial charge in [-0.1, -0.05) is 6.92 Å². The maximum atomic E-state index is 12.3. The number of likely N-dealkylation sites (tertiary alicyclic amines) is 1. The van der Waals surface area contributed by atoms with Crippen LogP contribution in [0.1, 0.15) is 32.4 Å². The van der Waals surface area contributed by atoms with Crippen molar-refractivity contribution in [2.45, 2.75) is 39.2 Å². The lowest BCUT2D eigenvalue weighted by Crippen LogP contribution is -2.45. The Balaban J connectivity index is 1.48. The van der Waals surface area contributed by atoms with Crippen molar-refractivity contribution in [1.82, 2.24) is 20.2 Å². The summed E-state index contributed by atoms with van der Waals surface area (Å²) in [5.74, 6) is 0.804. The maximum Gasteiger partial charge on any atom is 0.226 e. The molecule has 0 unspecified atom stereocenters. The molecule has 0 aliphatic carbocycles. The molecular weight excluding hydrogens is 332 g/mol. The van der Waals surface area contributed by atoms with Gasteiger partial charge in [-0.2, -0.15) is 0 Å². The zero-order chi connectivity index (χ0) is 17.6. The van der Waals surface area contributed by atoms with E-state index in [-0.39, 0.29) is 11.9 Å². The molecule has 1 aliphatic heterocycles. The highest BCUT2D eigenvalue weighted by atomic mass is 32.1. The van der Waals surface area contributed by atoms with Crippen molar-refractivity contribution >= 4 is 17.2 Å². The molecule has 0 saturated carbocycles. The Hall–Kier alpha value is -1.79. The van der Waals surface area contributed by atoms with E-state index < -0.39 is 0 Å². The molecule has 2 aromatic heterocycles. The molecule has 3 rings (SSSR count). The number of aromatic nitrogens is 2. The Morgan fingerprint density at radius 3 is 3.16 bits per heavy atom. The molecule has 0 aromatic carbocycles. The number of piperidine rings is 1. The van der Waals surface area contributed by atoms with E-state index >= 15 is 0 Å². The van der Waals surface area contributed by atoms with Crippen LogP contribution in [0, 0.1) is 5.92 Å². The fourth-order valence-electron chi connectivity index (χ4n) is 3.39. The zero-order valence-corrected chi connectivity index (χ0v) is 15.8. The smallest absolute Gasteiger partial charge is 0.226 e. The molecule has 134 valence electrons. The van der Waals surface area contributed by atoms with Crippen molar-refractivity contribution in [3.05, 3.63) is 35.6 Å². The van der Waals surface area contributed by atoms with Crippen LogP contribution in [0.3, 0.4) is 0 Å². The van der Waals surface area contributed by atoms with Crippen molar-refractivity contribution in [3.63, 3.8) is 0 Å². The SMILES string of the molecule is C[C@@H]1CCCN(C[C@H](C)NC(=O)Cc2csc(-c3cccnc3)n2)C1. The fraction of sp³-hybridized carbons (Fsp3) is 0.526. The van der Waals surface area contributed by atoms with E-state index in [0.29, 0.717) is 6.42 Å². The summed E-state index contributed by atoms with van der Waals surface area (Å²) >= 11 is 1.55. The highest BCUT2D eigenvalue weighted by molar-refractivity contribution is 7.13. The summed E-state index contributed by atoms with van der Waals surface area (Å²) in [5.41, 5.74) is 1.81. The molecule has 6 heteroatoms. The molecule has 2 aromatic rings. The number of rotatable bonds is 6. The predicted molar refractivity (Wildman–Crippen MR) is 101 cm³/mol. The number of pyridine rings is 1. The monoisotopic (exact) mass is 358 g/mol. The average molecular weight is 359 g/mol. The second-order valence-electron chi connectivity index (χ2n) is 7.04. The van der Waals surface area contributed by atoms with Crippen LogP contribution >= 0.6 is 11.3 Å². The molecule has 25 heavy (non-hydrogen) atoms. The number of nitrogens with one attached hydrogen (secondary N) is 1. The molecule has 0 radical (unpaired) electrons. The number of carbonyl (C=O) groups is 1. The molecule has 2 atom stereocenters. The van der Waals surface area contributed by atoms with E-state index in [4.69, 9.17) is 0 Å². The minimum Gasteiger partial charge on any atom is -0.352 e. The summed E-state index contributed by atoms with van der Waals surface area (Å²) < 4.78 is 0. The number of nitrogens with zero attached hydrogens (tertiary/aromatic N) is 3. The van der Waals surface area contributed by atoms with Gasteiger partial charge in [-0.05, 0) is 44.4 Å². The number of carbonyl (C=O) groups excluding carboxylic acids is 1. The van der Waals surface area contributed by atoms with Gasteiger partial charge in [-0.25, -0.2) is 4.98 Å². The third-order valence-corrected chi connectivity index (χ3v) is 5.42. The third kappa shape index (κ3) is 5.34. The van der Waals surface area contributed by atoms with Crippen LogP contribution < -0.4 is 5.32 Å². The maximum absolute atomic E-state index is 12.3. The standard InChI is InChI=1S/C19H26N4OS/c1-14-5-4-8-23(11-14)12-15(2)21-18(24)9-17-13-25-19(22-17)16-6-3-7-20-10-16/h3,6-7,10,13-15H,4-5,8-9,11-12H2,1-2H3,(H,21,24)/t14-,15+/m1/s1. The van der Waals surface area contributed by atoms with Gasteiger partial charge in [0.2, 0.25) is 5.91 Å². The molecule has 3 heterocycles. The van der Waals surface area contributed by atoms with Crippen LogP contribution in [0.4, 0.5) is 0 Å². The van der Waals surface area contributed by atoms with Gasteiger partial charge < -0.3 is 10.2 Å². The Morgan fingerprint density at radius 1 is 1.52 bits per heavy atom. The molecule has 1 aliphatic rings. The molecular formula is C19H26N4OS. The van der Waals surface area contributed by atoms with Gasteiger partial charge in [0.25, 0.3) is 0 Å². The van der Waals surface area contributed by atoms with Crippen molar-refractivity contribution in [2.24, 2.45) is 5.92 Å². The van der Waals surface area contributed by atoms with Crippen LogP contribution in [0.15, 0.2) is 29.9 Å². The first kappa shape index (κ1) is 18.0. The molecule has 1 saturated heterocycles. The summed E-state index contributed by atoms with van der Waals surface area (Å²) in [4.78, 5) is 23.4. The van der Waals surface area contributed by atoms with Crippen molar-refractivity contribution in [1.29, 1.82) is 0 Å². The normalized spacial score (nSPS) is 19.5. The minimum atomic E-state index is 0.0422. The third-order valence-electron chi connectivity index (χ3n) is 4.48. The number of hydrogen-bond donors (Lipinski definition) is 1. The highest BCUT2D eigenvalue weighted by Gasteiger charge is 2.19. The van der Waals surface area contributed by atoms with Gasteiger partial charge in [0, 0.05) is 42.5 Å². The summed E-state index contributed by atoms with van der Waals surface area (Å²) in [7, 11) is 0. The molecule has 1 fully saturated rings. The summed E-state index contributed by atoms with van der Waals surface area (Å²) in [6.45, 7) is 7.59. The van der Waals surface area contributed by atoms with Crippen LogP contribution in [0.25, 0.3) is 10.6 Å². The Kier molecular flexibility index (Phi) is 6.15. The van der Waals surface area contributed by atoms with Crippen LogP contribution in [0.2, 0.25) is 0 Å². The quantitative estimate of drug-likeness (QED) is 0.862. The molecule has 1 N–H and O–H groups in total. The lowest BCUT2D eigenvalue weighted by atomic mass is 10.00. The number of thiazole rings is 1. The van der Waals surface area contributed by atoms with Gasteiger partial charge in [-0.15, -0.1) is 11.3 Å². The van der Waals surface area contributed by atoms with E-state index in [0.717, 1.165) is 41.8 Å². The Morgan fingerprint density at radius 2 is 2.40 bits per heavy atom. The van der Waals surface area contributed by atoms with E-state index in [1.54, 1.807) is 23.7 Å². The van der Waals surface area contributed by atoms with Crippen molar-refractivity contribution in [2.75, 3.05) is 19.6 Å². The molecule has 5 nitrogen and oxygen atoms in total. The molecule has 1 amide bonds. The largest absolute Gasteiger partial charge is 0.352 e. The first-order valence-electron chi connectivity index (χ1n) is 8.96. The zero-order valence-electron chi connectivity index (χ0n) is 14.9. The number of hydrogen-bond acceptors (Lipinski definition) is 5. The van der Waals surface area contributed by atoms with E-state index in [2.05, 4.69) is 34.0 Å². The summed E-state index contributed by atoms with van der Waals surface area (Å²) in [6, 6.07) is 4.04. The molecule has 0 bridgehead atoms. The van der Waals surface area contributed by atoms with Crippen LogP contribution in [-0.2, 0) is 11.2 Å². The van der Waals surface area contributed by atoms with E-state index in [1.165, 1.54) is 12.8 Å².